The molecule has 0 N–H and O–H groups in total. The molecule has 0 unspecified atom stereocenters. The van der Waals surface area contributed by atoms with Crippen molar-refractivity contribution in [2.24, 2.45) is 0 Å². The number of nitrogens with zero attached hydrogens (tertiary/aromatic N) is 1. The van der Waals surface area contributed by atoms with Crippen molar-refractivity contribution in [3.8, 4) is 0 Å². The average molecular weight is 373 g/mol. The Kier molecular flexibility index (Phi) is 6.52. The van der Waals surface area contributed by atoms with Gasteiger partial charge in [-0.3, -0.25) is 19.7 Å². The standard InChI is InChI=1S/C19H19NO5S/c1-12-8-14(3)17(9-13(12)2)18(21)10-25-19(22)11-26-16-6-4-15(5-7-16)20(23)24/h4-9H,10-11H2,1-3H3. The number of hydrogen-bond donors (Lipinski definition) is 0. The molecule has 2 aromatic carbocycles. The van der Waals surface area contributed by atoms with Gasteiger partial charge < -0.3 is 4.74 Å². The van der Waals surface area contributed by atoms with Gasteiger partial charge in [-0.05, 0) is 55.7 Å². The SMILES string of the molecule is Cc1cc(C)c(C(=O)COC(=O)CSc2ccc([N+](=O)[O-])cc2)cc1C. The lowest BCUT2D eigenvalue weighted by Crippen LogP contribution is -2.16. The van der Waals surface area contributed by atoms with E-state index in [9.17, 15) is 19.7 Å². The monoisotopic (exact) mass is 373 g/mol. The summed E-state index contributed by atoms with van der Waals surface area (Å²) in [5.41, 5.74) is 3.53. The molecule has 0 atom stereocenters. The van der Waals surface area contributed by atoms with Gasteiger partial charge in [-0.2, -0.15) is 0 Å². The highest BCUT2D eigenvalue weighted by atomic mass is 32.2. The molecule has 0 aliphatic carbocycles. The summed E-state index contributed by atoms with van der Waals surface area (Å²) in [6, 6.07) is 9.64. The molecule has 0 saturated heterocycles. The molecule has 0 bridgehead atoms. The van der Waals surface area contributed by atoms with Gasteiger partial charge in [0.2, 0.25) is 5.78 Å². The molecule has 0 heterocycles. The minimum atomic E-state index is -0.511. The lowest BCUT2D eigenvalue weighted by Gasteiger charge is -2.09. The number of benzene rings is 2. The van der Waals surface area contributed by atoms with Gasteiger partial charge in [0.05, 0.1) is 10.7 Å². The zero-order chi connectivity index (χ0) is 19.3. The van der Waals surface area contributed by atoms with Gasteiger partial charge in [0, 0.05) is 22.6 Å². The molecule has 6 nitrogen and oxygen atoms in total. The molecule has 2 rings (SSSR count). The van der Waals surface area contributed by atoms with Gasteiger partial charge in [-0.25, -0.2) is 0 Å². The van der Waals surface area contributed by atoms with E-state index in [-0.39, 0.29) is 23.8 Å². The summed E-state index contributed by atoms with van der Waals surface area (Å²) in [6.45, 7) is 5.46. The quantitative estimate of drug-likeness (QED) is 0.239. The largest absolute Gasteiger partial charge is 0.457 e. The number of aryl methyl sites for hydroxylation is 3. The van der Waals surface area contributed by atoms with Crippen LogP contribution in [-0.2, 0) is 9.53 Å². The Balaban J connectivity index is 1.85. The summed E-state index contributed by atoms with van der Waals surface area (Å²) in [5, 5.41) is 10.6. The van der Waals surface area contributed by atoms with Crippen molar-refractivity contribution in [2.75, 3.05) is 12.4 Å². The molecule has 0 aromatic heterocycles. The number of thioether (sulfide) groups is 1. The average Bonchev–Trinajstić information content (AvgIpc) is 2.61. The fraction of sp³-hybridized carbons (Fsp3) is 0.263. The summed E-state index contributed by atoms with van der Waals surface area (Å²) < 4.78 is 5.05. The minimum Gasteiger partial charge on any atom is -0.457 e. The second-order valence-electron chi connectivity index (χ2n) is 5.87. The highest BCUT2D eigenvalue weighted by Gasteiger charge is 2.14. The fourth-order valence-corrected chi connectivity index (χ4v) is 3.03. The lowest BCUT2D eigenvalue weighted by atomic mass is 9.98. The molecule has 2 aromatic rings. The van der Waals surface area contributed by atoms with Crippen LogP contribution in [0.15, 0.2) is 41.3 Å². The van der Waals surface area contributed by atoms with Crippen LogP contribution < -0.4 is 0 Å². The van der Waals surface area contributed by atoms with Crippen molar-refractivity contribution in [1.82, 2.24) is 0 Å². The van der Waals surface area contributed by atoms with Crippen LogP contribution in [-0.4, -0.2) is 29.0 Å². The van der Waals surface area contributed by atoms with E-state index in [0.29, 0.717) is 10.5 Å². The molecule has 0 aliphatic rings. The van der Waals surface area contributed by atoms with Crippen molar-refractivity contribution in [2.45, 2.75) is 25.7 Å². The molecule has 26 heavy (non-hydrogen) atoms. The van der Waals surface area contributed by atoms with E-state index in [2.05, 4.69) is 0 Å². The van der Waals surface area contributed by atoms with E-state index < -0.39 is 10.9 Å². The van der Waals surface area contributed by atoms with Crippen molar-refractivity contribution in [1.29, 1.82) is 0 Å². The molecular formula is C19H19NO5S. The first-order valence-electron chi connectivity index (χ1n) is 7.92. The summed E-state index contributed by atoms with van der Waals surface area (Å²) in [6.07, 6.45) is 0. The van der Waals surface area contributed by atoms with E-state index in [1.54, 1.807) is 12.1 Å². The van der Waals surface area contributed by atoms with Crippen LogP contribution in [0.25, 0.3) is 0 Å². The third kappa shape index (κ3) is 5.16. The van der Waals surface area contributed by atoms with Gasteiger partial charge in [0.15, 0.2) is 6.61 Å². The number of rotatable bonds is 7. The van der Waals surface area contributed by atoms with Crippen molar-refractivity contribution < 1.29 is 19.2 Å². The van der Waals surface area contributed by atoms with Gasteiger partial charge in [-0.15, -0.1) is 11.8 Å². The maximum absolute atomic E-state index is 12.3. The number of hydrogen-bond acceptors (Lipinski definition) is 6. The van der Waals surface area contributed by atoms with Gasteiger partial charge >= 0.3 is 5.97 Å². The number of ketones is 1. The Morgan fingerprint density at radius 3 is 2.27 bits per heavy atom. The van der Waals surface area contributed by atoms with E-state index in [4.69, 9.17) is 4.74 Å². The molecule has 136 valence electrons. The zero-order valence-corrected chi connectivity index (χ0v) is 15.6. The van der Waals surface area contributed by atoms with Crippen LogP contribution >= 0.6 is 11.8 Å². The lowest BCUT2D eigenvalue weighted by molar-refractivity contribution is -0.384. The molecular weight excluding hydrogens is 354 g/mol. The molecule has 0 fully saturated rings. The Labute approximate surface area is 155 Å². The Hall–Kier alpha value is -2.67. The van der Waals surface area contributed by atoms with Gasteiger partial charge in [0.25, 0.3) is 5.69 Å². The van der Waals surface area contributed by atoms with E-state index in [0.717, 1.165) is 16.7 Å². The number of Topliss-reactive ketones (excluding diaryl/α,β-unsaturated/α-hetero) is 1. The van der Waals surface area contributed by atoms with Crippen molar-refractivity contribution in [3.05, 3.63) is 68.8 Å². The number of nitro groups is 1. The third-order valence-electron chi connectivity index (χ3n) is 3.91. The molecule has 0 amide bonds. The Morgan fingerprint density at radius 1 is 1.04 bits per heavy atom. The maximum atomic E-state index is 12.3. The van der Waals surface area contributed by atoms with Gasteiger partial charge in [-0.1, -0.05) is 6.07 Å². The van der Waals surface area contributed by atoms with E-state index in [1.165, 1.54) is 23.9 Å². The summed E-state index contributed by atoms with van der Waals surface area (Å²) in [5.74, 6) is -0.723. The molecule has 0 saturated carbocycles. The minimum absolute atomic E-state index is 0.00807. The predicted octanol–water partition coefficient (Wildman–Crippen LogP) is 4.04. The first-order valence-corrected chi connectivity index (χ1v) is 8.90. The Morgan fingerprint density at radius 2 is 1.65 bits per heavy atom. The normalized spacial score (nSPS) is 10.4. The van der Waals surface area contributed by atoms with Crippen LogP contribution in [0.3, 0.4) is 0 Å². The summed E-state index contributed by atoms with van der Waals surface area (Å²) in [7, 11) is 0. The van der Waals surface area contributed by atoms with Crippen LogP contribution in [0.4, 0.5) is 5.69 Å². The molecule has 0 radical (unpaired) electrons. The topological polar surface area (TPSA) is 86.5 Å². The number of non-ortho nitro benzene ring substituents is 1. The highest BCUT2D eigenvalue weighted by Crippen LogP contribution is 2.21. The number of carbonyl (C=O) groups is 2. The van der Waals surface area contributed by atoms with Crippen LogP contribution in [0, 0.1) is 30.9 Å². The van der Waals surface area contributed by atoms with Crippen molar-refractivity contribution >= 4 is 29.2 Å². The highest BCUT2D eigenvalue weighted by molar-refractivity contribution is 8.00. The van der Waals surface area contributed by atoms with E-state index >= 15 is 0 Å². The third-order valence-corrected chi connectivity index (χ3v) is 4.90. The van der Waals surface area contributed by atoms with Crippen LogP contribution in [0.5, 0.6) is 0 Å². The second kappa shape index (κ2) is 8.62. The smallest absolute Gasteiger partial charge is 0.316 e. The van der Waals surface area contributed by atoms with Gasteiger partial charge in [0.1, 0.15) is 0 Å². The molecule has 0 aliphatic heterocycles. The second-order valence-corrected chi connectivity index (χ2v) is 6.92. The molecule has 0 spiro atoms. The van der Waals surface area contributed by atoms with Crippen LogP contribution in [0.2, 0.25) is 0 Å². The number of carbonyl (C=O) groups excluding carboxylic acids is 2. The maximum Gasteiger partial charge on any atom is 0.316 e. The molecule has 7 heteroatoms. The predicted molar refractivity (Wildman–Crippen MR) is 99.8 cm³/mol. The number of ether oxygens (including phenoxy) is 1. The van der Waals surface area contributed by atoms with Crippen LogP contribution in [0.1, 0.15) is 27.0 Å². The number of esters is 1. The zero-order valence-electron chi connectivity index (χ0n) is 14.8. The van der Waals surface area contributed by atoms with E-state index in [1.807, 2.05) is 32.9 Å². The Bertz CT molecular complexity index is 846. The summed E-state index contributed by atoms with van der Waals surface area (Å²) in [4.78, 5) is 34.9. The van der Waals surface area contributed by atoms with Crippen molar-refractivity contribution in [3.63, 3.8) is 0 Å². The first kappa shape index (κ1) is 19.7. The fourth-order valence-electron chi connectivity index (χ4n) is 2.33. The first-order chi connectivity index (χ1) is 12.3. The summed E-state index contributed by atoms with van der Waals surface area (Å²) >= 11 is 1.20. The number of nitro benzene ring substituents is 1.